The van der Waals surface area contributed by atoms with Crippen LogP contribution in [0.2, 0.25) is 0 Å². The Morgan fingerprint density at radius 3 is 2.94 bits per heavy atom. The van der Waals surface area contributed by atoms with Crippen LogP contribution in [0.4, 0.5) is 0 Å². The SMILES string of the molecule is O=C(OCCc1cn[nH]n1)C1CCCCC1. The highest BCUT2D eigenvalue weighted by Gasteiger charge is 2.22. The number of ether oxygens (including phenoxy) is 1. The highest BCUT2D eigenvalue weighted by molar-refractivity contribution is 5.72. The van der Waals surface area contributed by atoms with Crippen LogP contribution in [-0.4, -0.2) is 28.0 Å². The van der Waals surface area contributed by atoms with Gasteiger partial charge in [0, 0.05) is 6.42 Å². The van der Waals surface area contributed by atoms with Crippen molar-refractivity contribution in [3.8, 4) is 0 Å². The second kappa shape index (κ2) is 5.63. The second-order valence-electron chi connectivity index (χ2n) is 4.21. The number of H-pyrrole nitrogens is 1. The van der Waals surface area contributed by atoms with Crippen LogP contribution in [0.5, 0.6) is 0 Å². The summed E-state index contributed by atoms with van der Waals surface area (Å²) < 4.78 is 5.23. The van der Waals surface area contributed by atoms with Crippen LogP contribution in [0.15, 0.2) is 6.20 Å². The van der Waals surface area contributed by atoms with Crippen molar-refractivity contribution < 1.29 is 9.53 Å². The Balaban J connectivity index is 1.67. The van der Waals surface area contributed by atoms with E-state index in [4.69, 9.17) is 4.74 Å². The lowest BCUT2D eigenvalue weighted by Crippen LogP contribution is -2.21. The topological polar surface area (TPSA) is 67.9 Å². The van der Waals surface area contributed by atoms with Crippen LogP contribution in [0.25, 0.3) is 0 Å². The lowest BCUT2D eigenvalue weighted by atomic mass is 9.89. The molecule has 1 N–H and O–H groups in total. The average Bonchev–Trinajstić information content (AvgIpc) is 2.83. The summed E-state index contributed by atoms with van der Waals surface area (Å²) in [5.74, 6) is 0.0919. The third-order valence-corrected chi connectivity index (χ3v) is 3.01. The Kier molecular flexibility index (Phi) is 3.91. The first-order chi connectivity index (χ1) is 7.86. The zero-order chi connectivity index (χ0) is 11.2. The molecule has 1 aliphatic rings. The lowest BCUT2D eigenvalue weighted by Gasteiger charge is -2.19. The van der Waals surface area contributed by atoms with Crippen molar-refractivity contribution in [2.45, 2.75) is 38.5 Å². The van der Waals surface area contributed by atoms with Gasteiger partial charge in [-0.2, -0.15) is 15.4 Å². The van der Waals surface area contributed by atoms with Crippen molar-refractivity contribution in [3.05, 3.63) is 11.9 Å². The third kappa shape index (κ3) is 3.05. The molecule has 5 nitrogen and oxygen atoms in total. The van der Waals surface area contributed by atoms with Gasteiger partial charge in [0.25, 0.3) is 0 Å². The molecule has 0 spiro atoms. The van der Waals surface area contributed by atoms with Gasteiger partial charge in [-0.25, -0.2) is 0 Å². The van der Waals surface area contributed by atoms with E-state index >= 15 is 0 Å². The van der Waals surface area contributed by atoms with Crippen LogP contribution in [0.3, 0.4) is 0 Å². The largest absolute Gasteiger partial charge is 0.465 e. The summed E-state index contributed by atoms with van der Waals surface area (Å²) in [5.41, 5.74) is 0.830. The molecule has 0 bridgehead atoms. The van der Waals surface area contributed by atoms with E-state index in [0.717, 1.165) is 31.4 Å². The van der Waals surface area contributed by atoms with Gasteiger partial charge in [0.2, 0.25) is 0 Å². The number of nitrogens with one attached hydrogen (secondary N) is 1. The third-order valence-electron chi connectivity index (χ3n) is 3.01. The summed E-state index contributed by atoms with van der Waals surface area (Å²) in [5, 5.41) is 10.1. The highest BCUT2D eigenvalue weighted by atomic mass is 16.5. The number of carbonyl (C=O) groups is 1. The fourth-order valence-corrected chi connectivity index (χ4v) is 2.06. The van der Waals surface area contributed by atoms with E-state index < -0.39 is 0 Å². The molecule has 0 amide bonds. The zero-order valence-electron chi connectivity index (χ0n) is 9.32. The summed E-state index contributed by atoms with van der Waals surface area (Å²) in [7, 11) is 0. The summed E-state index contributed by atoms with van der Waals surface area (Å²) >= 11 is 0. The standard InChI is InChI=1S/C11H17N3O2/c15-11(9-4-2-1-3-5-9)16-7-6-10-8-12-14-13-10/h8-9H,1-7H2,(H,12,13,14). The highest BCUT2D eigenvalue weighted by Crippen LogP contribution is 2.24. The Bertz CT molecular complexity index is 318. The number of aromatic nitrogens is 3. The zero-order valence-corrected chi connectivity index (χ0v) is 9.32. The number of carbonyl (C=O) groups excluding carboxylic acids is 1. The molecule has 1 saturated carbocycles. The minimum atomic E-state index is -0.0387. The van der Waals surface area contributed by atoms with E-state index in [-0.39, 0.29) is 11.9 Å². The maximum Gasteiger partial charge on any atom is 0.308 e. The van der Waals surface area contributed by atoms with Gasteiger partial charge in [-0.1, -0.05) is 19.3 Å². The van der Waals surface area contributed by atoms with E-state index in [1.807, 2.05) is 0 Å². The molecule has 1 fully saturated rings. The van der Waals surface area contributed by atoms with Crippen molar-refractivity contribution in [2.75, 3.05) is 6.61 Å². The average molecular weight is 223 g/mol. The van der Waals surface area contributed by atoms with Gasteiger partial charge in [-0.15, -0.1) is 0 Å². The molecule has 0 radical (unpaired) electrons. The van der Waals surface area contributed by atoms with Gasteiger partial charge >= 0.3 is 5.97 Å². The predicted octanol–water partition coefficient (Wildman–Crippen LogP) is 1.47. The maximum atomic E-state index is 11.7. The smallest absolute Gasteiger partial charge is 0.308 e. The van der Waals surface area contributed by atoms with Crippen LogP contribution in [0, 0.1) is 5.92 Å². The Hall–Kier alpha value is -1.39. The quantitative estimate of drug-likeness (QED) is 0.785. The molecule has 1 heterocycles. The molecular weight excluding hydrogens is 206 g/mol. The number of hydrogen-bond acceptors (Lipinski definition) is 4. The molecule has 1 aliphatic carbocycles. The van der Waals surface area contributed by atoms with Gasteiger partial charge in [-0.3, -0.25) is 4.79 Å². The number of esters is 1. The van der Waals surface area contributed by atoms with E-state index in [1.54, 1.807) is 6.20 Å². The summed E-state index contributed by atoms with van der Waals surface area (Å²) in [6, 6.07) is 0. The predicted molar refractivity (Wildman–Crippen MR) is 57.6 cm³/mol. The minimum Gasteiger partial charge on any atom is -0.465 e. The van der Waals surface area contributed by atoms with Crippen LogP contribution < -0.4 is 0 Å². The maximum absolute atomic E-state index is 11.7. The molecule has 0 aromatic carbocycles. The number of hydrogen-bond donors (Lipinski definition) is 1. The monoisotopic (exact) mass is 223 g/mol. The van der Waals surface area contributed by atoms with Crippen molar-refractivity contribution in [1.29, 1.82) is 0 Å². The molecule has 5 heteroatoms. The van der Waals surface area contributed by atoms with Gasteiger partial charge in [0.15, 0.2) is 0 Å². The summed E-state index contributed by atoms with van der Waals surface area (Å²) in [6.45, 7) is 0.405. The first-order valence-electron chi connectivity index (χ1n) is 5.87. The fourth-order valence-electron chi connectivity index (χ4n) is 2.06. The van der Waals surface area contributed by atoms with E-state index in [1.165, 1.54) is 6.42 Å². The van der Waals surface area contributed by atoms with E-state index in [9.17, 15) is 4.79 Å². The van der Waals surface area contributed by atoms with Gasteiger partial charge < -0.3 is 4.74 Å². The van der Waals surface area contributed by atoms with Crippen molar-refractivity contribution in [3.63, 3.8) is 0 Å². The molecule has 0 aliphatic heterocycles. The molecule has 16 heavy (non-hydrogen) atoms. The summed E-state index contributed by atoms with van der Waals surface area (Å²) in [6.07, 6.45) is 7.82. The minimum absolute atomic E-state index is 0.0387. The fraction of sp³-hybridized carbons (Fsp3) is 0.727. The van der Waals surface area contributed by atoms with Gasteiger partial charge in [0.05, 0.1) is 24.4 Å². The molecule has 0 unspecified atom stereocenters. The van der Waals surface area contributed by atoms with Gasteiger partial charge in [-0.05, 0) is 12.8 Å². The van der Waals surface area contributed by atoms with E-state index in [2.05, 4.69) is 15.4 Å². The van der Waals surface area contributed by atoms with Gasteiger partial charge in [0.1, 0.15) is 0 Å². The molecule has 1 aromatic heterocycles. The lowest BCUT2D eigenvalue weighted by molar-refractivity contribution is -0.149. The molecule has 88 valence electrons. The Labute approximate surface area is 94.6 Å². The molecule has 0 saturated heterocycles. The van der Waals surface area contributed by atoms with E-state index in [0.29, 0.717) is 13.0 Å². The second-order valence-corrected chi connectivity index (χ2v) is 4.21. The Morgan fingerprint density at radius 1 is 1.44 bits per heavy atom. The van der Waals surface area contributed by atoms with Crippen LogP contribution in [-0.2, 0) is 16.0 Å². The molecular formula is C11H17N3O2. The normalized spacial score (nSPS) is 17.2. The van der Waals surface area contributed by atoms with Crippen molar-refractivity contribution in [1.82, 2.24) is 15.4 Å². The Morgan fingerprint density at radius 2 is 2.25 bits per heavy atom. The van der Waals surface area contributed by atoms with Crippen molar-refractivity contribution >= 4 is 5.97 Å². The number of nitrogens with zero attached hydrogens (tertiary/aromatic N) is 2. The first-order valence-corrected chi connectivity index (χ1v) is 5.87. The summed E-state index contributed by atoms with van der Waals surface area (Å²) in [4.78, 5) is 11.7. The molecule has 2 rings (SSSR count). The van der Waals surface area contributed by atoms with Crippen LogP contribution in [0.1, 0.15) is 37.8 Å². The number of rotatable bonds is 4. The van der Waals surface area contributed by atoms with Crippen molar-refractivity contribution in [2.24, 2.45) is 5.92 Å². The number of aromatic amines is 1. The molecule has 0 atom stereocenters. The first kappa shape index (κ1) is 11.1. The van der Waals surface area contributed by atoms with Crippen LogP contribution >= 0.6 is 0 Å². The molecule has 1 aromatic rings.